The standard InChI is InChI=1S/C42H30N4/c1-4-12-29(13-5-1)30-20-22-35(23-21-30)43-36-24-25-38-34(26-33-18-10-11-19-37(33)39(38)28-36)27-40-44-41(31-14-6-2-7-15-31)46-42(45-40)32-16-8-3-9-17-32/h1-26,28,43H,27H2. The van der Waals surface area contributed by atoms with Crippen LogP contribution < -0.4 is 5.32 Å². The summed E-state index contributed by atoms with van der Waals surface area (Å²) in [5.74, 6) is 2.10. The number of benzene rings is 7. The van der Waals surface area contributed by atoms with E-state index in [1.54, 1.807) is 0 Å². The van der Waals surface area contributed by atoms with Gasteiger partial charge in [-0.25, -0.2) is 15.0 Å². The Kier molecular flexibility index (Phi) is 7.21. The highest BCUT2D eigenvalue weighted by molar-refractivity contribution is 6.10. The molecule has 0 saturated carbocycles. The van der Waals surface area contributed by atoms with Crippen LogP contribution in [0, 0.1) is 0 Å². The number of nitrogens with zero attached hydrogens (tertiary/aromatic N) is 3. The summed E-state index contributed by atoms with van der Waals surface area (Å²) in [4.78, 5) is 14.8. The van der Waals surface area contributed by atoms with Crippen molar-refractivity contribution in [1.29, 1.82) is 0 Å². The average molecular weight is 591 g/mol. The Balaban J connectivity index is 1.18. The largest absolute Gasteiger partial charge is 0.356 e. The normalized spacial score (nSPS) is 11.1. The number of nitrogens with one attached hydrogen (secondary N) is 1. The Morgan fingerprint density at radius 2 is 0.935 bits per heavy atom. The zero-order valence-corrected chi connectivity index (χ0v) is 25.1. The van der Waals surface area contributed by atoms with Crippen LogP contribution in [0.3, 0.4) is 0 Å². The predicted octanol–water partition coefficient (Wildman–Crippen LogP) is 10.5. The molecule has 8 rings (SSSR count). The Morgan fingerprint density at radius 3 is 1.59 bits per heavy atom. The van der Waals surface area contributed by atoms with E-state index in [-0.39, 0.29) is 0 Å². The second-order valence-corrected chi connectivity index (χ2v) is 11.4. The van der Waals surface area contributed by atoms with Crippen LogP contribution in [0.4, 0.5) is 11.4 Å². The summed E-state index contributed by atoms with van der Waals surface area (Å²) in [5, 5.41) is 8.42. The van der Waals surface area contributed by atoms with Crippen LogP contribution >= 0.6 is 0 Å². The monoisotopic (exact) mass is 590 g/mol. The molecule has 4 heteroatoms. The van der Waals surface area contributed by atoms with Crippen molar-refractivity contribution in [2.24, 2.45) is 0 Å². The average Bonchev–Trinajstić information content (AvgIpc) is 3.13. The zero-order valence-electron chi connectivity index (χ0n) is 25.1. The van der Waals surface area contributed by atoms with Crippen molar-refractivity contribution in [2.45, 2.75) is 6.42 Å². The lowest BCUT2D eigenvalue weighted by Gasteiger charge is -2.14. The zero-order chi connectivity index (χ0) is 30.7. The highest BCUT2D eigenvalue weighted by atomic mass is 15.0. The topological polar surface area (TPSA) is 50.7 Å². The van der Waals surface area contributed by atoms with Gasteiger partial charge in [0.2, 0.25) is 0 Å². The van der Waals surface area contributed by atoms with E-state index >= 15 is 0 Å². The van der Waals surface area contributed by atoms with Crippen LogP contribution in [-0.4, -0.2) is 15.0 Å². The summed E-state index contributed by atoms with van der Waals surface area (Å²) in [6.45, 7) is 0. The number of rotatable bonds is 7. The molecule has 0 fully saturated rings. The minimum atomic E-state index is 0.581. The second kappa shape index (κ2) is 12.1. The molecule has 0 bridgehead atoms. The van der Waals surface area contributed by atoms with E-state index in [0.717, 1.165) is 28.3 Å². The Morgan fingerprint density at radius 1 is 0.391 bits per heavy atom. The van der Waals surface area contributed by atoms with Crippen molar-refractivity contribution in [3.63, 3.8) is 0 Å². The fraction of sp³-hybridized carbons (Fsp3) is 0.0238. The minimum Gasteiger partial charge on any atom is -0.356 e. The lowest BCUT2D eigenvalue weighted by molar-refractivity contribution is 0.937. The number of fused-ring (bicyclic) bond motifs is 3. The first-order valence-electron chi connectivity index (χ1n) is 15.5. The molecule has 218 valence electrons. The van der Waals surface area contributed by atoms with E-state index in [0.29, 0.717) is 18.1 Å². The Labute approximate surface area is 268 Å². The SMILES string of the molecule is c1ccc(-c2ccc(Nc3ccc4c(Cc5nc(-c6ccccc6)nc(-c6ccccc6)n5)cc5ccccc5c4c3)cc2)cc1. The smallest absolute Gasteiger partial charge is 0.163 e. The lowest BCUT2D eigenvalue weighted by atomic mass is 9.95. The summed E-state index contributed by atoms with van der Waals surface area (Å²) < 4.78 is 0. The molecule has 8 aromatic rings. The van der Waals surface area contributed by atoms with Gasteiger partial charge in [0.1, 0.15) is 5.82 Å². The highest BCUT2D eigenvalue weighted by Crippen LogP contribution is 2.33. The van der Waals surface area contributed by atoms with E-state index < -0.39 is 0 Å². The summed E-state index contributed by atoms with van der Waals surface area (Å²) in [5.41, 5.74) is 7.62. The number of anilines is 2. The number of aromatic nitrogens is 3. The van der Waals surface area contributed by atoms with E-state index in [1.165, 1.54) is 38.2 Å². The van der Waals surface area contributed by atoms with E-state index in [4.69, 9.17) is 15.0 Å². The van der Waals surface area contributed by atoms with Gasteiger partial charge < -0.3 is 5.32 Å². The molecule has 46 heavy (non-hydrogen) atoms. The maximum absolute atomic E-state index is 4.98. The fourth-order valence-electron chi connectivity index (χ4n) is 6.05. The number of hydrogen-bond acceptors (Lipinski definition) is 4. The van der Waals surface area contributed by atoms with E-state index in [9.17, 15) is 0 Å². The molecule has 0 aliphatic rings. The van der Waals surface area contributed by atoms with Crippen molar-refractivity contribution < 1.29 is 0 Å². The van der Waals surface area contributed by atoms with E-state index in [1.807, 2.05) is 66.7 Å². The second-order valence-electron chi connectivity index (χ2n) is 11.4. The third-order valence-electron chi connectivity index (χ3n) is 8.32. The molecule has 4 nitrogen and oxygen atoms in total. The molecule has 0 radical (unpaired) electrons. The van der Waals surface area contributed by atoms with Crippen LogP contribution in [0.5, 0.6) is 0 Å². The third-order valence-corrected chi connectivity index (χ3v) is 8.32. The molecule has 0 aliphatic carbocycles. The van der Waals surface area contributed by atoms with Gasteiger partial charge in [-0.15, -0.1) is 0 Å². The van der Waals surface area contributed by atoms with Crippen molar-refractivity contribution in [3.8, 4) is 33.9 Å². The summed E-state index contributed by atoms with van der Waals surface area (Å²) in [6, 6.07) is 56.8. The van der Waals surface area contributed by atoms with Crippen LogP contribution in [-0.2, 0) is 6.42 Å². The molecule has 7 aromatic carbocycles. The van der Waals surface area contributed by atoms with Gasteiger partial charge in [-0.2, -0.15) is 0 Å². The third kappa shape index (κ3) is 5.60. The Bertz CT molecular complexity index is 2220. The summed E-state index contributed by atoms with van der Waals surface area (Å²) in [6.07, 6.45) is 0.581. The molecule has 1 N–H and O–H groups in total. The van der Waals surface area contributed by atoms with Crippen molar-refractivity contribution in [3.05, 3.63) is 175 Å². The highest BCUT2D eigenvalue weighted by Gasteiger charge is 2.14. The van der Waals surface area contributed by atoms with Crippen LogP contribution in [0.15, 0.2) is 164 Å². The molecular formula is C42H30N4. The van der Waals surface area contributed by atoms with Crippen molar-refractivity contribution in [2.75, 3.05) is 5.32 Å². The molecular weight excluding hydrogens is 560 g/mol. The molecule has 0 amide bonds. The van der Waals surface area contributed by atoms with Crippen molar-refractivity contribution >= 4 is 32.9 Å². The first kappa shape index (κ1) is 27.4. The van der Waals surface area contributed by atoms with Gasteiger partial charge in [0.05, 0.1) is 0 Å². The van der Waals surface area contributed by atoms with Crippen LogP contribution in [0.2, 0.25) is 0 Å². The molecule has 1 aromatic heterocycles. The fourth-order valence-corrected chi connectivity index (χ4v) is 6.05. The summed E-state index contributed by atoms with van der Waals surface area (Å²) >= 11 is 0. The first-order valence-corrected chi connectivity index (χ1v) is 15.5. The van der Waals surface area contributed by atoms with Gasteiger partial charge >= 0.3 is 0 Å². The maximum Gasteiger partial charge on any atom is 0.163 e. The quantitative estimate of drug-likeness (QED) is 0.188. The van der Waals surface area contributed by atoms with Gasteiger partial charge in [0.15, 0.2) is 11.6 Å². The predicted molar refractivity (Wildman–Crippen MR) is 190 cm³/mol. The van der Waals surface area contributed by atoms with Gasteiger partial charge in [0, 0.05) is 28.9 Å². The van der Waals surface area contributed by atoms with Crippen LogP contribution in [0.1, 0.15) is 11.4 Å². The molecule has 0 aliphatic heterocycles. The molecule has 0 spiro atoms. The van der Waals surface area contributed by atoms with Gasteiger partial charge in [-0.05, 0) is 62.5 Å². The summed E-state index contributed by atoms with van der Waals surface area (Å²) in [7, 11) is 0. The van der Waals surface area contributed by atoms with Crippen molar-refractivity contribution in [1.82, 2.24) is 15.0 Å². The Hall–Kier alpha value is -6.13. The molecule has 0 atom stereocenters. The lowest BCUT2D eigenvalue weighted by Crippen LogP contribution is -2.04. The van der Waals surface area contributed by atoms with Gasteiger partial charge in [-0.3, -0.25) is 0 Å². The molecule has 0 unspecified atom stereocenters. The van der Waals surface area contributed by atoms with Crippen LogP contribution in [0.25, 0.3) is 55.4 Å². The first-order chi connectivity index (χ1) is 22.8. The molecule has 0 saturated heterocycles. The van der Waals surface area contributed by atoms with Gasteiger partial charge in [0.25, 0.3) is 0 Å². The number of hydrogen-bond donors (Lipinski definition) is 1. The minimum absolute atomic E-state index is 0.581. The van der Waals surface area contributed by atoms with Gasteiger partial charge in [-0.1, -0.05) is 140 Å². The molecule has 1 heterocycles. The van der Waals surface area contributed by atoms with E-state index in [2.05, 4.69) is 102 Å². The maximum atomic E-state index is 4.98.